The quantitative estimate of drug-likeness (QED) is 0.721. The molecule has 0 aliphatic carbocycles. The van der Waals surface area contributed by atoms with E-state index in [0.717, 1.165) is 67.8 Å². The van der Waals surface area contributed by atoms with E-state index in [0.29, 0.717) is 37.5 Å². The molecule has 1 saturated heterocycles. The van der Waals surface area contributed by atoms with Crippen molar-refractivity contribution in [1.29, 1.82) is 0 Å². The molecule has 4 heterocycles. The molecule has 170 valence electrons. The predicted molar refractivity (Wildman–Crippen MR) is 117 cm³/mol. The molecule has 0 aromatic carbocycles. The van der Waals surface area contributed by atoms with E-state index in [1.165, 1.54) is 0 Å². The van der Waals surface area contributed by atoms with Gasteiger partial charge in [-0.25, -0.2) is 9.67 Å². The van der Waals surface area contributed by atoms with Crippen molar-refractivity contribution in [3.63, 3.8) is 0 Å². The standard InChI is InChI=1S/C23H34N4O4/c1-16-11-19(12-24-22(16)29-3)27-21-7-10-30-9-6-20(21)23(25-27)31-15-18-5-4-8-26(14-18)13-17(2)28/h11-12,17-18,28H,4-10,13-15H2,1-3H3/t17?,18-/m0/s1. The first-order valence-corrected chi connectivity index (χ1v) is 11.3. The second-order valence-electron chi connectivity index (χ2n) is 8.70. The lowest BCUT2D eigenvalue weighted by molar-refractivity contribution is 0.0786. The van der Waals surface area contributed by atoms with Crippen LogP contribution in [0, 0.1) is 12.8 Å². The average Bonchev–Trinajstić information content (AvgIpc) is 2.92. The smallest absolute Gasteiger partial charge is 0.236 e. The van der Waals surface area contributed by atoms with Gasteiger partial charge in [-0.05, 0) is 39.3 Å². The maximum absolute atomic E-state index is 9.71. The normalized spacial score (nSPS) is 20.7. The van der Waals surface area contributed by atoms with Gasteiger partial charge in [0.2, 0.25) is 11.8 Å². The molecule has 1 fully saturated rings. The number of β-amino-alcohol motifs (C(OH)–C–C–N with tert-alkyl or cyclic N) is 1. The van der Waals surface area contributed by atoms with Gasteiger partial charge in [0.05, 0.1) is 50.6 Å². The van der Waals surface area contributed by atoms with Crippen LogP contribution in [0.1, 0.15) is 36.6 Å². The zero-order valence-corrected chi connectivity index (χ0v) is 18.8. The van der Waals surface area contributed by atoms with Crippen LogP contribution < -0.4 is 9.47 Å². The minimum atomic E-state index is -0.298. The first-order valence-electron chi connectivity index (χ1n) is 11.3. The first-order chi connectivity index (χ1) is 15.0. The van der Waals surface area contributed by atoms with Crippen molar-refractivity contribution in [2.24, 2.45) is 5.92 Å². The second-order valence-corrected chi connectivity index (χ2v) is 8.70. The molecule has 0 saturated carbocycles. The highest BCUT2D eigenvalue weighted by Gasteiger charge is 2.25. The van der Waals surface area contributed by atoms with Crippen molar-refractivity contribution in [1.82, 2.24) is 19.7 Å². The molecule has 8 nitrogen and oxygen atoms in total. The molecule has 0 bridgehead atoms. The van der Waals surface area contributed by atoms with Gasteiger partial charge in [-0.2, -0.15) is 0 Å². The summed E-state index contributed by atoms with van der Waals surface area (Å²) < 4.78 is 19.3. The molecule has 2 aliphatic heterocycles. The summed E-state index contributed by atoms with van der Waals surface area (Å²) in [6, 6.07) is 2.05. The van der Waals surface area contributed by atoms with E-state index in [-0.39, 0.29) is 6.10 Å². The summed E-state index contributed by atoms with van der Waals surface area (Å²) in [5.41, 5.74) is 4.16. The topological polar surface area (TPSA) is 81.9 Å². The molecular weight excluding hydrogens is 396 g/mol. The number of aliphatic hydroxyl groups excluding tert-OH is 1. The number of methoxy groups -OCH3 is 1. The molecule has 2 aromatic heterocycles. The zero-order chi connectivity index (χ0) is 21.8. The number of fused-ring (bicyclic) bond motifs is 1. The molecule has 0 spiro atoms. The Hall–Kier alpha value is -2.16. The highest BCUT2D eigenvalue weighted by molar-refractivity contribution is 5.43. The van der Waals surface area contributed by atoms with Gasteiger partial charge < -0.3 is 24.2 Å². The van der Waals surface area contributed by atoms with E-state index in [4.69, 9.17) is 19.3 Å². The summed E-state index contributed by atoms with van der Waals surface area (Å²) in [4.78, 5) is 6.76. The summed E-state index contributed by atoms with van der Waals surface area (Å²) in [6.07, 6.45) is 5.37. The van der Waals surface area contributed by atoms with Crippen LogP contribution >= 0.6 is 0 Å². The largest absolute Gasteiger partial charge is 0.481 e. The fourth-order valence-electron chi connectivity index (χ4n) is 4.65. The molecule has 1 N–H and O–H groups in total. The molecule has 1 unspecified atom stereocenters. The minimum Gasteiger partial charge on any atom is -0.481 e. The van der Waals surface area contributed by atoms with Crippen molar-refractivity contribution in [2.45, 2.75) is 45.6 Å². The number of pyridine rings is 1. The van der Waals surface area contributed by atoms with Crippen molar-refractivity contribution < 1.29 is 19.3 Å². The molecular formula is C23H34N4O4. The average molecular weight is 431 g/mol. The number of rotatable bonds is 7. The summed E-state index contributed by atoms with van der Waals surface area (Å²) in [7, 11) is 1.63. The first kappa shape index (κ1) is 22.0. The summed E-state index contributed by atoms with van der Waals surface area (Å²) in [5, 5.41) is 14.6. The van der Waals surface area contributed by atoms with Gasteiger partial charge in [-0.15, -0.1) is 5.10 Å². The van der Waals surface area contributed by atoms with Gasteiger partial charge in [0, 0.05) is 43.0 Å². The third kappa shape index (κ3) is 5.19. The van der Waals surface area contributed by atoms with Gasteiger partial charge in [0.25, 0.3) is 0 Å². The second kappa shape index (κ2) is 9.97. The van der Waals surface area contributed by atoms with Crippen LogP contribution in [0.3, 0.4) is 0 Å². The van der Waals surface area contributed by atoms with Crippen LogP contribution in [0.15, 0.2) is 12.3 Å². The fraction of sp³-hybridized carbons (Fsp3) is 0.652. The summed E-state index contributed by atoms with van der Waals surface area (Å²) in [6.45, 7) is 8.56. The van der Waals surface area contributed by atoms with E-state index in [2.05, 4.69) is 9.88 Å². The van der Waals surface area contributed by atoms with Crippen LogP contribution in [-0.2, 0) is 17.6 Å². The Labute approximate surface area is 184 Å². The van der Waals surface area contributed by atoms with E-state index in [1.807, 2.05) is 24.6 Å². The molecule has 31 heavy (non-hydrogen) atoms. The van der Waals surface area contributed by atoms with Crippen LogP contribution in [0.5, 0.6) is 11.8 Å². The third-order valence-corrected chi connectivity index (χ3v) is 6.07. The zero-order valence-electron chi connectivity index (χ0n) is 18.8. The van der Waals surface area contributed by atoms with Crippen LogP contribution in [0.25, 0.3) is 5.69 Å². The number of hydrogen-bond donors (Lipinski definition) is 1. The molecule has 2 aromatic rings. The molecule has 2 atom stereocenters. The highest BCUT2D eigenvalue weighted by Crippen LogP contribution is 2.29. The number of likely N-dealkylation sites (tertiary alicyclic amines) is 1. The summed E-state index contributed by atoms with van der Waals surface area (Å²) in [5.74, 6) is 1.78. The van der Waals surface area contributed by atoms with E-state index in [9.17, 15) is 5.11 Å². The van der Waals surface area contributed by atoms with Crippen molar-refractivity contribution >= 4 is 0 Å². The van der Waals surface area contributed by atoms with Crippen LogP contribution in [-0.4, -0.2) is 77.4 Å². The highest BCUT2D eigenvalue weighted by atomic mass is 16.5. The predicted octanol–water partition coefficient (Wildman–Crippen LogP) is 2.17. The Morgan fingerprint density at radius 3 is 2.90 bits per heavy atom. The van der Waals surface area contributed by atoms with Gasteiger partial charge in [0.15, 0.2) is 0 Å². The molecule has 8 heteroatoms. The lowest BCUT2D eigenvalue weighted by Gasteiger charge is -2.33. The van der Waals surface area contributed by atoms with E-state index >= 15 is 0 Å². The van der Waals surface area contributed by atoms with E-state index in [1.54, 1.807) is 13.3 Å². The van der Waals surface area contributed by atoms with Crippen LogP contribution in [0.2, 0.25) is 0 Å². The number of aryl methyl sites for hydroxylation is 1. The van der Waals surface area contributed by atoms with Crippen molar-refractivity contribution in [2.75, 3.05) is 46.6 Å². The van der Waals surface area contributed by atoms with Crippen LogP contribution in [0.4, 0.5) is 0 Å². The number of ether oxygens (including phenoxy) is 3. The Kier molecular flexibility index (Phi) is 7.09. The molecule has 0 amide bonds. The number of hydrogen-bond acceptors (Lipinski definition) is 7. The fourth-order valence-corrected chi connectivity index (χ4v) is 4.65. The molecule has 4 rings (SSSR count). The van der Waals surface area contributed by atoms with Gasteiger partial charge in [0.1, 0.15) is 0 Å². The maximum Gasteiger partial charge on any atom is 0.236 e. The number of aliphatic hydroxyl groups is 1. The van der Waals surface area contributed by atoms with Gasteiger partial charge >= 0.3 is 0 Å². The Bertz CT molecular complexity index is 883. The molecule has 0 radical (unpaired) electrons. The third-order valence-electron chi connectivity index (χ3n) is 6.07. The Morgan fingerprint density at radius 1 is 1.29 bits per heavy atom. The van der Waals surface area contributed by atoms with Gasteiger partial charge in [-0.1, -0.05) is 0 Å². The van der Waals surface area contributed by atoms with E-state index < -0.39 is 0 Å². The van der Waals surface area contributed by atoms with Crippen molar-refractivity contribution in [3.05, 3.63) is 29.1 Å². The minimum absolute atomic E-state index is 0.298. The Morgan fingerprint density at radius 2 is 2.13 bits per heavy atom. The SMILES string of the molecule is COc1ncc(-n2nc(OC[C@H]3CCCN(CC(C)O)C3)c3c2CCOCC3)cc1C. The lowest BCUT2D eigenvalue weighted by Crippen LogP contribution is -2.41. The number of nitrogens with zero attached hydrogens (tertiary/aromatic N) is 4. The lowest BCUT2D eigenvalue weighted by atomic mass is 9.99. The maximum atomic E-state index is 9.71. The van der Waals surface area contributed by atoms with Crippen molar-refractivity contribution in [3.8, 4) is 17.4 Å². The number of piperidine rings is 1. The Balaban J connectivity index is 1.53. The van der Waals surface area contributed by atoms with Gasteiger partial charge in [-0.3, -0.25) is 0 Å². The monoisotopic (exact) mass is 430 g/mol. The summed E-state index contributed by atoms with van der Waals surface area (Å²) >= 11 is 0. The number of aromatic nitrogens is 3. The molecule has 2 aliphatic rings.